The van der Waals surface area contributed by atoms with E-state index in [0.717, 1.165) is 20.8 Å². The highest BCUT2D eigenvalue weighted by molar-refractivity contribution is 9.10. The predicted molar refractivity (Wildman–Crippen MR) is 79.3 cm³/mol. The average molecular weight is 348 g/mol. The molecular formula is C12H12BrClN2OS. The molecule has 0 saturated heterocycles. The van der Waals surface area contributed by atoms with Crippen LogP contribution >= 0.6 is 38.9 Å². The predicted octanol–water partition coefficient (Wildman–Crippen LogP) is 3.70. The van der Waals surface area contributed by atoms with Gasteiger partial charge in [0.05, 0.1) is 0 Å². The monoisotopic (exact) mass is 346 g/mol. The van der Waals surface area contributed by atoms with Crippen molar-refractivity contribution in [2.24, 2.45) is 0 Å². The lowest BCUT2D eigenvalue weighted by atomic mass is 10.1. The van der Waals surface area contributed by atoms with E-state index in [1.54, 1.807) is 0 Å². The fourth-order valence-corrected chi connectivity index (χ4v) is 3.04. The Labute approximate surface area is 122 Å². The molecule has 0 bridgehead atoms. The Morgan fingerprint density at radius 3 is 2.94 bits per heavy atom. The van der Waals surface area contributed by atoms with Crippen molar-refractivity contribution in [2.45, 2.75) is 19.5 Å². The maximum atomic E-state index is 11.0. The number of aromatic nitrogens is 1. The van der Waals surface area contributed by atoms with Crippen molar-refractivity contribution in [1.82, 2.24) is 10.3 Å². The van der Waals surface area contributed by atoms with Gasteiger partial charge in [0, 0.05) is 33.2 Å². The molecule has 0 radical (unpaired) electrons. The minimum Gasteiger partial charge on any atom is -0.315 e. The van der Waals surface area contributed by atoms with Crippen LogP contribution in [0.15, 0.2) is 32.8 Å². The van der Waals surface area contributed by atoms with Crippen molar-refractivity contribution in [3.63, 3.8) is 0 Å². The summed E-state index contributed by atoms with van der Waals surface area (Å²) in [6.45, 7) is 2.66. The molecule has 0 spiro atoms. The molecule has 1 heterocycles. The summed E-state index contributed by atoms with van der Waals surface area (Å²) in [7, 11) is 0. The number of H-pyrrole nitrogens is 1. The Balaban J connectivity index is 2.03. The van der Waals surface area contributed by atoms with Crippen LogP contribution in [0.3, 0.4) is 0 Å². The summed E-state index contributed by atoms with van der Waals surface area (Å²) in [5.74, 6) is 0. The van der Waals surface area contributed by atoms with Crippen LogP contribution in [-0.4, -0.2) is 4.98 Å². The van der Waals surface area contributed by atoms with Gasteiger partial charge in [-0.1, -0.05) is 44.9 Å². The SMILES string of the molecule is CC(NCc1csc(=O)[nH]1)c1ccc(Br)cc1Cl. The smallest absolute Gasteiger partial charge is 0.304 e. The van der Waals surface area contributed by atoms with Gasteiger partial charge in [-0.3, -0.25) is 4.79 Å². The molecule has 1 aromatic heterocycles. The van der Waals surface area contributed by atoms with Crippen molar-refractivity contribution >= 4 is 38.9 Å². The lowest BCUT2D eigenvalue weighted by molar-refractivity contribution is 0.569. The third kappa shape index (κ3) is 3.45. The van der Waals surface area contributed by atoms with Crippen LogP contribution < -0.4 is 10.2 Å². The summed E-state index contributed by atoms with van der Waals surface area (Å²) in [4.78, 5) is 13.7. The van der Waals surface area contributed by atoms with Gasteiger partial charge in [0.25, 0.3) is 0 Å². The van der Waals surface area contributed by atoms with Crippen molar-refractivity contribution in [3.05, 3.63) is 54.0 Å². The number of nitrogens with one attached hydrogen (secondary N) is 2. The maximum absolute atomic E-state index is 11.0. The molecule has 1 atom stereocenters. The van der Waals surface area contributed by atoms with Gasteiger partial charge in [-0.05, 0) is 24.6 Å². The molecule has 96 valence electrons. The van der Waals surface area contributed by atoms with E-state index in [-0.39, 0.29) is 10.9 Å². The van der Waals surface area contributed by atoms with Crippen LogP contribution in [0.25, 0.3) is 0 Å². The fourth-order valence-electron chi connectivity index (χ4n) is 1.63. The maximum Gasteiger partial charge on any atom is 0.304 e. The van der Waals surface area contributed by atoms with Gasteiger partial charge in [0.15, 0.2) is 0 Å². The number of hydrogen-bond acceptors (Lipinski definition) is 3. The first-order chi connectivity index (χ1) is 8.56. The molecule has 3 nitrogen and oxygen atoms in total. The fraction of sp³-hybridized carbons (Fsp3) is 0.250. The van der Waals surface area contributed by atoms with E-state index in [1.807, 2.05) is 30.5 Å². The van der Waals surface area contributed by atoms with Gasteiger partial charge in [0.1, 0.15) is 0 Å². The van der Waals surface area contributed by atoms with Gasteiger partial charge in [-0.15, -0.1) is 0 Å². The second-order valence-electron chi connectivity index (χ2n) is 3.94. The minimum atomic E-state index is -0.0267. The van der Waals surface area contributed by atoms with Gasteiger partial charge in [0.2, 0.25) is 0 Å². The van der Waals surface area contributed by atoms with E-state index >= 15 is 0 Å². The van der Waals surface area contributed by atoms with Gasteiger partial charge in [-0.25, -0.2) is 0 Å². The zero-order valence-electron chi connectivity index (χ0n) is 9.67. The first-order valence-electron chi connectivity index (χ1n) is 5.41. The Kier molecular flexibility index (Phi) is 4.61. The summed E-state index contributed by atoms with van der Waals surface area (Å²) in [5.41, 5.74) is 1.93. The molecule has 2 N–H and O–H groups in total. The van der Waals surface area contributed by atoms with Crippen LogP contribution in [0.4, 0.5) is 0 Å². The van der Waals surface area contributed by atoms with E-state index in [2.05, 4.69) is 26.2 Å². The number of halogens is 2. The Morgan fingerprint density at radius 2 is 2.33 bits per heavy atom. The van der Waals surface area contributed by atoms with Gasteiger partial charge >= 0.3 is 4.87 Å². The van der Waals surface area contributed by atoms with E-state index in [1.165, 1.54) is 11.3 Å². The highest BCUT2D eigenvalue weighted by Crippen LogP contribution is 2.26. The molecule has 1 aromatic carbocycles. The zero-order chi connectivity index (χ0) is 13.1. The zero-order valence-corrected chi connectivity index (χ0v) is 12.8. The lowest BCUT2D eigenvalue weighted by Crippen LogP contribution is -2.19. The third-order valence-electron chi connectivity index (χ3n) is 2.60. The van der Waals surface area contributed by atoms with Crippen molar-refractivity contribution in [3.8, 4) is 0 Å². The molecule has 0 fully saturated rings. The summed E-state index contributed by atoms with van der Waals surface area (Å²) >= 11 is 10.7. The number of thiazole rings is 1. The molecule has 18 heavy (non-hydrogen) atoms. The van der Waals surface area contributed by atoms with E-state index < -0.39 is 0 Å². The average Bonchev–Trinajstić information content (AvgIpc) is 2.72. The number of hydrogen-bond donors (Lipinski definition) is 2. The summed E-state index contributed by atoms with van der Waals surface area (Å²) in [5, 5.41) is 5.88. The molecule has 2 rings (SSSR count). The summed E-state index contributed by atoms with van der Waals surface area (Å²) in [6, 6.07) is 5.95. The highest BCUT2D eigenvalue weighted by Gasteiger charge is 2.09. The molecule has 0 aliphatic carbocycles. The quantitative estimate of drug-likeness (QED) is 0.885. The molecular weight excluding hydrogens is 336 g/mol. The Hall–Kier alpha value is -0.620. The standard InChI is InChI=1S/C12H12BrClN2OS/c1-7(10-3-2-8(13)4-11(10)14)15-5-9-6-18-12(17)16-9/h2-4,6-7,15H,5H2,1H3,(H,16,17). The van der Waals surface area contributed by atoms with E-state index in [0.29, 0.717) is 6.54 Å². The van der Waals surface area contributed by atoms with Crippen LogP contribution in [0.2, 0.25) is 5.02 Å². The van der Waals surface area contributed by atoms with Crippen molar-refractivity contribution in [1.29, 1.82) is 0 Å². The number of rotatable bonds is 4. The number of benzene rings is 1. The molecule has 6 heteroatoms. The molecule has 0 amide bonds. The van der Waals surface area contributed by atoms with Crippen molar-refractivity contribution in [2.75, 3.05) is 0 Å². The third-order valence-corrected chi connectivity index (χ3v) is 4.14. The van der Waals surface area contributed by atoms with Gasteiger partial charge < -0.3 is 10.3 Å². The van der Waals surface area contributed by atoms with E-state index in [9.17, 15) is 4.79 Å². The first kappa shape index (κ1) is 13.8. The minimum absolute atomic E-state index is 0.0267. The van der Waals surface area contributed by atoms with Crippen LogP contribution in [0.1, 0.15) is 24.2 Å². The highest BCUT2D eigenvalue weighted by atomic mass is 79.9. The molecule has 0 aliphatic heterocycles. The van der Waals surface area contributed by atoms with Crippen LogP contribution in [0, 0.1) is 0 Å². The normalized spacial score (nSPS) is 12.6. The van der Waals surface area contributed by atoms with Gasteiger partial charge in [-0.2, -0.15) is 0 Å². The second kappa shape index (κ2) is 6.02. The summed E-state index contributed by atoms with van der Waals surface area (Å²) < 4.78 is 0.964. The van der Waals surface area contributed by atoms with Crippen LogP contribution in [-0.2, 0) is 6.54 Å². The molecule has 0 saturated carbocycles. The second-order valence-corrected chi connectivity index (χ2v) is 6.11. The Bertz CT molecular complexity index is 596. The molecule has 2 aromatic rings. The molecule has 1 unspecified atom stereocenters. The van der Waals surface area contributed by atoms with Crippen molar-refractivity contribution < 1.29 is 0 Å². The largest absolute Gasteiger partial charge is 0.315 e. The lowest BCUT2D eigenvalue weighted by Gasteiger charge is -2.15. The number of aromatic amines is 1. The molecule has 0 aliphatic rings. The summed E-state index contributed by atoms with van der Waals surface area (Å²) in [6.07, 6.45) is 0. The first-order valence-corrected chi connectivity index (χ1v) is 7.46. The van der Waals surface area contributed by atoms with E-state index in [4.69, 9.17) is 11.6 Å². The topological polar surface area (TPSA) is 44.9 Å². The van der Waals surface area contributed by atoms with Crippen LogP contribution in [0.5, 0.6) is 0 Å². The Morgan fingerprint density at radius 1 is 1.56 bits per heavy atom.